The maximum atomic E-state index is 10.4. The summed E-state index contributed by atoms with van der Waals surface area (Å²) in [5.41, 5.74) is 0.709. The number of ether oxygens (including phenoxy) is 1. The zero-order valence-corrected chi connectivity index (χ0v) is 8.71. The van der Waals surface area contributed by atoms with Crippen LogP contribution in [0.2, 0.25) is 0 Å². The van der Waals surface area contributed by atoms with E-state index in [1.807, 2.05) is 31.2 Å². The normalized spacial score (nSPS) is 10.1. The largest absolute Gasteiger partial charge is 0.493 e. The number of carbonyl (C=O) groups excluding carboxylic acids is 1. The Hall–Kier alpha value is -2.17. The molecule has 0 aliphatic carbocycles. The fourth-order valence-corrected chi connectivity index (χ4v) is 1.33. The highest BCUT2D eigenvalue weighted by Gasteiger charge is 2.12. The molecule has 5 heteroatoms. The van der Waals surface area contributed by atoms with Gasteiger partial charge < -0.3 is 9.26 Å². The number of aldehydes is 1. The second kappa shape index (κ2) is 4.57. The van der Waals surface area contributed by atoms with Crippen LogP contribution in [0.4, 0.5) is 0 Å². The Morgan fingerprint density at radius 1 is 1.44 bits per heavy atom. The Bertz CT molecular complexity index is 493. The molecule has 0 unspecified atom stereocenters. The van der Waals surface area contributed by atoms with E-state index in [0.29, 0.717) is 30.0 Å². The summed E-state index contributed by atoms with van der Waals surface area (Å²) >= 11 is 0. The van der Waals surface area contributed by atoms with E-state index in [9.17, 15) is 4.79 Å². The van der Waals surface area contributed by atoms with Crippen LogP contribution in [0.1, 0.15) is 17.6 Å². The van der Waals surface area contributed by atoms with Gasteiger partial charge in [0.2, 0.25) is 12.1 Å². The number of hydrogen-bond donors (Lipinski definition) is 0. The molecule has 0 radical (unpaired) electrons. The Labute approximate surface area is 92.0 Å². The molecule has 0 saturated heterocycles. The molecule has 0 bridgehead atoms. The number of aromatic nitrogens is 2. The Morgan fingerprint density at radius 2 is 2.25 bits per heavy atom. The molecule has 2 aromatic rings. The van der Waals surface area contributed by atoms with E-state index in [-0.39, 0.29) is 5.89 Å². The molecule has 1 aromatic carbocycles. The van der Waals surface area contributed by atoms with Gasteiger partial charge in [-0.2, -0.15) is 4.98 Å². The van der Waals surface area contributed by atoms with Crippen molar-refractivity contribution in [1.29, 1.82) is 0 Å². The second-order valence-corrected chi connectivity index (χ2v) is 3.00. The Balaban J connectivity index is 2.42. The summed E-state index contributed by atoms with van der Waals surface area (Å²) in [5, 5.41) is 3.70. The van der Waals surface area contributed by atoms with Crippen molar-refractivity contribution in [3.8, 4) is 17.1 Å². The van der Waals surface area contributed by atoms with Crippen molar-refractivity contribution in [1.82, 2.24) is 10.1 Å². The lowest BCUT2D eigenvalue weighted by Crippen LogP contribution is -1.94. The first-order chi connectivity index (χ1) is 7.85. The molecule has 2 rings (SSSR count). The number of nitrogens with zero attached hydrogens (tertiary/aromatic N) is 2. The second-order valence-electron chi connectivity index (χ2n) is 3.00. The lowest BCUT2D eigenvalue weighted by atomic mass is 10.2. The average molecular weight is 218 g/mol. The predicted octanol–water partition coefficient (Wildman–Crippen LogP) is 1.95. The van der Waals surface area contributed by atoms with Gasteiger partial charge in [0.05, 0.1) is 12.2 Å². The van der Waals surface area contributed by atoms with Gasteiger partial charge in [-0.3, -0.25) is 4.79 Å². The van der Waals surface area contributed by atoms with E-state index >= 15 is 0 Å². The molecule has 1 aromatic heterocycles. The summed E-state index contributed by atoms with van der Waals surface area (Å²) < 4.78 is 10.1. The van der Waals surface area contributed by atoms with E-state index in [2.05, 4.69) is 10.1 Å². The van der Waals surface area contributed by atoms with Crippen LogP contribution in [0.25, 0.3) is 11.4 Å². The molecule has 0 aliphatic heterocycles. The van der Waals surface area contributed by atoms with Crippen molar-refractivity contribution in [3.63, 3.8) is 0 Å². The fraction of sp³-hybridized carbons (Fsp3) is 0.182. The molecule has 5 nitrogen and oxygen atoms in total. The van der Waals surface area contributed by atoms with Crippen molar-refractivity contribution < 1.29 is 14.1 Å². The van der Waals surface area contributed by atoms with Crippen LogP contribution in [0, 0.1) is 0 Å². The van der Waals surface area contributed by atoms with Gasteiger partial charge >= 0.3 is 0 Å². The van der Waals surface area contributed by atoms with E-state index in [1.54, 1.807) is 0 Å². The lowest BCUT2D eigenvalue weighted by Gasteiger charge is -2.05. The van der Waals surface area contributed by atoms with Crippen LogP contribution >= 0.6 is 0 Å². The smallest absolute Gasteiger partial charge is 0.291 e. The summed E-state index contributed by atoms with van der Waals surface area (Å²) in [7, 11) is 0. The van der Waals surface area contributed by atoms with Crippen LogP contribution in [0.3, 0.4) is 0 Å². The summed E-state index contributed by atoms with van der Waals surface area (Å²) in [6.07, 6.45) is 0.514. The zero-order valence-electron chi connectivity index (χ0n) is 8.71. The topological polar surface area (TPSA) is 65.2 Å². The van der Waals surface area contributed by atoms with Crippen LogP contribution in [0.15, 0.2) is 28.8 Å². The minimum atomic E-state index is -0.0405. The summed E-state index contributed by atoms with van der Waals surface area (Å²) in [6, 6.07) is 7.32. The first-order valence-electron chi connectivity index (χ1n) is 4.86. The SMILES string of the molecule is CCOc1ccccc1-c1noc(C=O)n1. The third kappa shape index (κ3) is 1.93. The summed E-state index contributed by atoms with van der Waals surface area (Å²) in [5.74, 6) is 0.982. The first kappa shape index (κ1) is 10.4. The molecule has 16 heavy (non-hydrogen) atoms. The quantitative estimate of drug-likeness (QED) is 0.734. The summed E-state index contributed by atoms with van der Waals surface area (Å²) in [4.78, 5) is 14.4. The van der Waals surface area contributed by atoms with Crippen LogP contribution in [0.5, 0.6) is 5.75 Å². The van der Waals surface area contributed by atoms with Gasteiger partial charge in [-0.15, -0.1) is 0 Å². The Morgan fingerprint density at radius 3 is 2.94 bits per heavy atom. The number of para-hydroxylation sites is 1. The standard InChI is InChI=1S/C11H10N2O3/c1-2-15-9-6-4-3-5-8(9)11-12-10(7-14)16-13-11/h3-7H,2H2,1H3. The van der Waals surface area contributed by atoms with E-state index in [0.717, 1.165) is 0 Å². The van der Waals surface area contributed by atoms with Gasteiger partial charge in [0.25, 0.3) is 5.89 Å². The minimum absolute atomic E-state index is 0.0405. The first-order valence-corrected chi connectivity index (χ1v) is 4.86. The highest BCUT2D eigenvalue weighted by molar-refractivity contribution is 5.70. The molecule has 0 atom stereocenters. The summed E-state index contributed by atoms with van der Waals surface area (Å²) in [6.45, 7) is 2.44. The maximum absolute atomic E-state index is 10.4. The van der Waals surface area contributed by atoms with Crippen molar-refractivity contribution in [2.45, 2.75) is 6.92 Å². The number of rotatable bonds is 4. The average Bonchev–Trinajstić information content (AvgIpc) is 2.79. The van der Waals surface area contributed by atoms with Crippen LogP contribution in [-0.2, 0) is 0 Å². The van der Waals surface area contributed by atoms with Crippen LogP contribution in [-0.4, -0.2) is 23.0 Å². The maximum Gasteiger partial charge on any atom is 0.291 e. The predicted molar refractivity (Wildman–Crippen MR) is 56.3 cm³/mol. The monoisotopic (exact) mass is 218 g/mol. The van der Waals surface area contributed by atoms with Gasteiger partial charge in [0, 0.05) is 0 Å². The van der Waals surface area contributed by atoms with Gasteiger partial charge in [0.1, 0.15) is 5.75 Å². The molecule has 0 N–H and O–H groups in total. The molecule has 1 heterocycles. The molecular formula is C11H10N2O3. The molecular weight excluding hydrogens is 208 g/mol. The van der Waals surface area contributed by atoms with Crippen LogP contribution < -0.4 is 4.74 Å². The molecule has 0 aliphatic rings. The zero-order chi connectivity index (χ0) is 11.4. The van der Waals surface area contributed by atoms with E-state index in [4.69, 9.17) is 9.26 Å². The molecule has 0 spiro atoms. The van der Waals surface area contributed by atoms with Gasteiger partial charge in [-0.05, 0) is 19.1 Å². The van der Waals surface area contributed by atoms with Gasteiger partial charge in [0.15, 0.2) is 0 Å². The van der Waals surface area contributed by atoms with Crippen molar-refractivity contribution in [2.24, 2.45) is 0 Å². The number of benzene rings is 1. The molecule has 0 saturated carbocycles. The number of carbonyl (C=O) groups is 1. The van der Waals surface area contributed by atoms with Crippen molar-refractivity contribution in [3.05, 3.63) is 30.2 Å². The van der Waals surface area contributed by atoms with E-state index in [1.165, 1.54) is 0 Å². The minimum Gasteiger partial charge on any atom is -0.493 e. The molecule has 0 fully saturated rings. The highest BCUT2D eigenvalue weighted by atomic mass is 16.5. The number of hydrogen-bond acceptors (Lipinski definition) is 5. The highest BCUT2D eigenvalue weighted by Crippen LogP contribution is 2.27. The van der Waals surface area contributed by atoms with Crippen molar-refractivity contribution in [2.75, 3.05) is 6.61 Å². The lowest BCUT2D eigenvalue weighted by molar-refractivity contribution is 0.108. The van der Waals surface area contributed by atoms with E-state index < -0.39 is 0 Å². The van der Waals surface area contributed by atoms with Crippen molar-refractivity contribution >= 4 is 6.29 Å². The van der Waals surface area contributed by atoms with Gasteiger partial charge in [-0.1, -0.05) is 17.3 Å². The fourth-order valence-electron chi connectivity index (χ4n) is 1.33. The molecule has 0 amide bonds. The third-order valence-electron chi connectivity index (χ3n) is 1.97. The third-order valence-corrected chi connectivity index (χ3v) is 1.97. The van der Waals surface area contributed by atoms with Gasteiger partial charge in [-0.25, -0.2) is 0 Å². The molecule has 82 valence electrons. The Kier molecular flexibility index (Phi) is 2.95.